The van der Waals surface area contributed by atoms with Crippen LogP contribution in [-0.2, 0) is 39.1 Å². The number of esters is 1. The first kappa shape index (κ1) is 22.5. The molecule has 2 aliphatic heterocycles. The van der Waals surface area contributed by atoms with Crippen LogP contribution in [0.25, 0.3) is 0 Å². The number of nitrogens with one attached hydrogen (secondary N) is 1. The number of sulfonamides is 1. The van der Waals surface area contributed by atoms with E-state index >= 15 is 0 Å². The molecule has 1 saturated heterocycles. The van der Waals surface area contributed by atoms with Gasteiger partial charge in [-0.05, 0) is 44.7 Å². The van der Waals surface area contributed by atoms with Gasteiger partial charge in [-0.2, -0.15) is 4.31 Å². The van der Waals surface area contributed by atoms with Crippen molar-refractivity contribution < 1.29 is 27.2 Å². The molecule has 2 aromatic rings. The van der Waals surface area contributed by atoms with Crippen LogP contribution in [-0.4, -0.2) is 53.8 Å². The number of carbonyl (C=O) groups is 2. The molecule has 4 rings (SSSR count). The predicted octanol–water partition coefficient (Wildman–Crippen LogP) is 1.71. The number of carbonyl (C=O) groups excluding carboxylic acids is 2. The van der Waals surface area contributed by atoms with E-state index in [4.69, 9.17) is 9.15 Å². The topological polar surface area (TPSA) is 124 Å². The molecule has 174 valence electrons. The first-order valence-electron chi connectivity index (χ1n) is 11.0. The van der Waals surface area contributed by atoms with E-state index < -0.39 is 16.0 Å². The summed E-state index contributed by atoms with van der Waals surface area (Å²) in [5.74, 6) is -0.132. The number of nitrogens with zero attached hydrogens (tertiary/aromatic N) is 3. The molecule has 0 aliphatic carbocycles. The number of amides is 1. The number of aryl methyl sites for hydroxylation is 2. The Labute approximate surface area is 187 Å². The summed E-state index contributed by atoms with van der Waals surface area (Å²) in [4.78, 5) is 28.9. The fourth-order valence-corrected chi connectivity index (χ4v) is 5.52. The van der Waals surface area contributed by atoms with Gasteiger partial charge in [-0.25, -0.2) is 18.2 Å². The van der Waals surface area contributed by atoms with Crippen LogP contribution >= 0.6 is 0 Å². The van der Waals surface area contributed by atoms with Gasteiger partial charge in [0.25, 0.3) is 10.0 Å². The fraction of sp³-hybridized carbons (Fsp3) is 0.571. The van der Waals surface area contributed by atoms with Gasteiger partial charge in [-0.1, -0.05) is 0 Å². The van der Waals surface area contributed by atoms with Crippen LogP contribution in [0.2, 0.25) is 0 Å². The number of ether oxygens (including phenoxy) is 1. The van der Waals surface area contributed by atoms with Gasteiger partial charge in [0, 0.05) is 38.2 Å². The van der Waals surface area contributed by atoms with E-state index in [1.165, 1.54) is 16.4 Å². The van der Waals surface area contributed by atoms with Crippen molar-refractivity contribution in [2.24, 2.45) is 5.92 Å². The van der Waals surface area contributed by atoms with Crippen LogP contribution in [0.4, 0.5) is 0 Å². The third kappa shape index (κ3) is 4.73. The molecule has 10 nitrogen and oxygen atoms in total. The molecule has 0 atom stereocenters. The minimum Gasteiger partial charge on any atom is -0.460 e. The number of rotatable bonds is 7. The largest absolute Gasteiger partial charge is 0.460 e. The van der Waals surface area contributed by atoms with Gasteiger partial charge in [0.1, 0.15) is 5.82 Å². The molecule has 0 radical (unpaired) electrons. The SMILES string of the molecule is CCOC(=O)c1ccc(S(=O)(=O)N2CCC(C(=O)NCc3cn4c(n3)CCCC4)CC2)o1. The highest BCUT2D eigenvalue weighted by Gasteiger charge is 2.34. The maximum Gasteiger partial charge on any atom is 0.374 e. The summed E-state index contributed by atoms with van der Waals surface area (Å²) in [6, 6.07) is 2.55. The van der Waals surface area contributed by atoms with Gasteiger partial charge in [0.05, 0.1) is 18.8 Å². The van der Waals surface area contributed by atoms with Crippen LogP contribution in [0.3, 0.4) is 0 Å². The van der Waals surface area contributed by atoms with E-state index in [0.717, 1.165) is 37.3 Å². The Bertz CT molecular complexity index is 1060. The number of furan rings is 1. The fourth-order valence-electron chi connectivity index (χ4n) is 4.14. The molecule has 0 unspecified atom stereocenters. The lowest BCUT2D eigenvalue weighted by Gasteiger charge is -2.29. The van der Waals surface area contributed by atoms with E-state index in [0.29, 0.717) is 19.4 Å². The summed E-state index contributed by atoms with van der Waals surface area (Å²) < 4.78 is 39.1. The summed E-state index contributed by atoms with van der Waals surface area (Å²) in [7, 11) is -3.88. The Morgan fingerprint density at radius 2 is 2.00 bits per heavy atom. The van der Waals surface area contributed by atoms with Crippen molar-refractivity contribution in [3.63, 3.8) is 0 Å². The quantitative estimate of drug-likeness (QED) is 0.619. The second kappa shape index (κ2) is 9.45. The molecule has 2 aliphatic rings. The van der Waals surface area contributed by atoms with E-state index in [9.17, 15) is 18.0 Å². The first-order chi connectivity index (χ1) is 15.4. The molecule has 4 heterocycles. The Balaban J connectivity index is 1.29. The minimum atomic E-state index is -3.88. The average molecular weight is 465 g/mol. The Morgan fingerprint density at radius 1 is 1.22 bits per heavy atom. The molecule has 0 spiro atoms. The van der Waals surface area contributed by atoms with Gasteiger partial charge in [0.2, 0.25) is 16.8 Å². The predicted molar refractivity (Wildman–Crippen MR) is 113 cm³/mol. The van der Waals surface area contributed by atoms with Gasteiger partial charge in [0.15, 0.2) is 0 Å². The zero-order valence-electron chi connectivity index (χ0n) is 18.1. The highest BCUT2D eigenvalue weighted by Crippen LogP contribution is 2.25. The van der Waals surface area contributed by atoms with E-state index in [-0.39, 0.29) is 42.4 Å². The maximum atomic E-state index is 12.8. The number of fused-ring (bicyclic) bond motifs is 1. The molecular formula is C21H28N4O6S. The van der Waals surface area contributed by atoms with E-state index in [1.807, 2.05) is 6.20 Å². The summed E-state index contributed by atoms with van der Waals surface area (Å²) >= 11 is 0. The van der Waals surface area contributed by atoms with Crippen LogP contribution in [0.15, 0.2) is 27.8 Å². The van der Waals surface area contributed by atoms with Crippen molar-refractivity contribution in [2.75, 3.05) is 19.7 Å². The van der Waals surface area contributed by atoms with Gasteiger partial charge < -0.3 is 19.0 Å². The third-order valence-corrected chi connectivity index (χ3v) is 7.65. The Hall–Kier alpha value is -2.66. The molecular weight excluding hydrogens is 436 g/mol. The molecule has 1 fully saturated rings. The molecule has 0 bridgehead atoms. The van der Waals surface area contributed by atoms with E-state index in [1.54, 1.807) is 6.92 Å². The summed E-state index contributed by atoms with van der Waals surface area (Å²) in [5.41, 5.74) is 0.852. The van der Waals surface area contributed by atoms with E-state index in [2.05, 4.69) is 14.9 Å². The highest BCUT2D eigenvalue weighted by atomic mass is 32.2. The molecule has 11 heteroatoms. The molecule has 2 aromatic heterocycles. The van der Waals surface area contributed by atoms with Crippen molar-refractivity contribution in [1.29, 1.82) is 0 Å². The lowest BCUT2D eigenvalue weighted by atomic mass is 9.97. The van der Waals surface area contributed by atoms with Crippen molar-refractivity contribution in [1.82, 2.24) is 19.2 Å². The van der Waals surface area contributed by atoms with Crippen LogP contribution in [0.1, 0.15) is 54.7 Å². The Kier molecular flexibility index (Phi) is 6.66. The molecule has 0 saturated carbocycles. The van der Waals surface area contributed by atoms with Crippen molar-refractivity contribution in [3.05, 3.63) is 35.6 Å². The lowest BCUT2D eigenvalue weighted by molar-refractivity contribution is -0.126. The minimum absolute atomic E-state index is 0.0874. The van der Waals surface area contributed by atoms with Crippen molar-refractivity contribution in [3.8, 4) is 0 Å². The second-order valence-electron chi connectivity index (χ2n) is 8.03. The first-order valence-corrected chi connectivity index (χ1v) is 12.4. The standard InChI is InChI=1S/C21H28N4O6S/c1-2-30-21(27)17-6-7-19(31-17)32(28,29)25-11-8-15(9-12-25)20(26)22-13-16-14-24-10-4-3-5-18(24)23-16/h6-7,14-15H,2-5,8-13H2,1H3,(H,22,26). The number of hydrogen-bond acceptors (Lipinski definition) is 7. The lowest BCUT2D eigenvalue weighted by Crippen LogP contribution is -2.42. The smallest absolute Gasteiger partial charge is 0.374 e. The van der Waals surface area contributed by atoms with Crippen molar-refractivity contribution >= 4 is 21.9 Å². The summed E-state index contributed by atoms with van der Waals surface area (Å²) in [5, 5.41) is 2.64. The summed E-state index contributed by atoms with van der Waals surface area (Å²) in [6.45, 7) is 3.57. The molecule has 0 aromatic carbocycles. The van der Waals surface area contributed by atoms with Crippen LogP contribution in [0, 0.1) is 5.92 Å². The molecule has 32 heavy (non-hydrogen) atoms. The van der Waals surface area contributed by atoms with Crippen LogP contribution in [0.5, 0.6) is 0 Å². The molecule has 1 amide bonds. The zero-order chi connectivity index (χ0) is 22.7. The van der Waals surface area contributed by atoms with Crippen molar-refractivity contribution in [2.45, 2.75) is 57.2 Å². The van der Waals surface area contributed by atoms with Gasteiger partial charge >= 0.3 is 5.97 Å². The third-order valence-electron chi connectivity index (χ3n) is 5.88. The molecule has 1 N–H and O–H groups in total. The van der Waals surface area contributed by atoms with Gasteiger partial charge in [-0.15, -0.1) is 0 Å². The van der Waals surface area contributed by atoms with Gasteiger partial charge in [-0.3, -0.25) is 4.79 Å². The normalized spacial score (nSPS) is 17.7. The number of hydrogen-bond donors (Lipinski definition) is 1. The zero-order valence-corrected chi connectivity index (χ0v) is 18.9. The highest BCUT2D eigenvalue weighted by molar-refractivity contribution is 7.89. The maximum absolute atomic E-state index is 12.8. The van der Waals surface area contributed by atoms with Crippen LogP contribution < -0.4 is 5.32 Å². The summed E-state index contributed by atoms with van der Waals surface area (Å²) in [6.07, 6.45) is 6.09. The Morgan fingerprint density at radius 3 is 2.72 bits per heavy atom. The second-order valence-corrected chi connectivity index (χ2v) is 9.90. The number of aromatic nitrogens is 2. The number of imidazole rings is 1. The number of piperidine rings is 1. The monoisotopic (exact) mass is 464 g/mol. The average Bonchev–Trinajstić information content (AvgIpc) is 3.45.